The smallest absolute Gasteiger partial charge is 0.239 e. The molecule has 0 aliphatic rings. The molecule has 0 radical (unpaired) electrons. The molecular weight excluding hydrogens is 292 g/mol. The number of hydrogen-bond donors (Lipinski definition) is 1. The Hall–Kier alpha value is -1.78. The van der Waals surface area contributed by atoms with Gasteiger partial charge in [-0.25, -0.2) is 0 Å². The van der Waals surface area contributed by atoms with Crippen molar-refractivity contribution in [3.05, 3.63) is 46.8 Å². The molecule has 1 amide bonds. The van der Waals surface area contributed by atoms with Crippen LogP contribution in [0.15, 0.2) is 41.8 Å². The number of rotatable bonds is 3. The van der Waals surface area contributed by atoms with Crippen molar-refractivity contribution in [1.29, 1.82) is 0 Å². The zero-order valence-electron chi connectivity index (χ0n) is 10.9. The largest absolute Gasteiger partial charge is 0.358 e. The zero-order valence-corrected chi connectivity index (χ0v) is 12.5. The van der Waals surface area contributed by atoms with Crippen LogP contribution < -0.4 is 5.32 Å². The molecule has 0 fully saturated rings. The lowest BCUT2D eigenvalue weighted by molar-refractivity contribution is -0.121. The first-order valence-corrected chi connectivity index (χ1v) is 7.48. The molecule has 20 heavy (non-hydrogen) atoms. The van der Waals surface area contributed by atoms with Crippen LogP contribution in [-0.2, 0) is 11.3 Å². The van der Waals surface area contributed by atoms with Crippen molar-refractivity contribution in [3.8, 4) is 10.6 Å². The van der Waals surface area contributed by atoms with Crippen molar-refractivity contribution < 1.29 is 4.79 Å². The van der Waals surface area contributed by atoms with E-state index in [1.165, 1.54) is 0 Å². The summed E-state index contributed by atoms with van der Waals surface area (Å²) in [6, 6.07) is 11.9. The molecule has 3 aromatic rings. The van der Waals surface area contributed by atoms with Gasteiger partial charge in [0.1, 0.15) is 6.54 Å². The summed E-state index contributed by atoms with van der Waals surface area (Å²) in [5.74, 6) is -0.0183. The molecule has 0 atom stereocenters. The lowest BCUT2D eigenvalue weighted by Crippen LogP contribution is -2.23. The average Bonchev–Trinajstić information content (AvgIpc) is 3.06. The summed E-state index contributed by atoms with van der Waals surface area (Å²) in [4.78, 5) is 12.9. The van der Waals surface area contributed by atoms with Gasteiger partial charge in [-0.05, 0) is 35.7 Å². The molecule has 2 aromatic heterocycles. The topological polar surface area (TPSA) is 34.0 Å². The normalized spacial score (nSPS) is 10.9. The highest BCUT2D eigenvalue weighted by atomic mass is 35.5. The summed E-state index contributed by atoms with van der Waals surface area (Å²) in [7, 11) is 1.65. The molecule has 3 rings (SSSR count). The molecule has 0 bridgehead atoms. The third-order valence-electron chi connectivity index (χ3n) is 3.22. The Balaban J connectivity index is 2.21. The van der Waals surface area contributed by atoms with Gasteiger partial charge in [0.25, 0.3) is 0 Å². The predicted molar refractivity (Wildman–Crippen MR) is 84.3 cm³/mol. The van der Waals surface area contributed by atoms with E-state index >= 15 is 0 Å². The van der Waals surface area contributed by atoms with Crippen molar-refractivity contribution in [1.82, 2.24) is 9.88 Å². The van der Waals surface area contributed by atoms with Crippen LogP contribution in [0.1, 0.15) is 0 Å². The molecule has 0 aliphatic heterocycles. The molecule has 1 N–H and O–H groups in total. The van der Waals surface area contributed by atoms with E-state index in [-0.39, 0.29) is 5.91 Å². The minimum absolute atomic E-state index is 0.0183. The van der Waals surface area contributed by atoms with Gasteiger partial charge in [0.15, 0.2) is 0 Å². The van der Waals surface area contributed by atoms with Crippen LogP contribution in [-0.4, -0.2) is 17.5 Å². The number of amides is 1. The molecule has 0 saturated carbocycles. The van der Waals surface area contributed by atoms with Gasteiger partial charge in [0.2, 0.25) is 5.91 Å². The molecule has 102 valence electrons. The Labute approximate surface area is 125 Å². The van der Waals surface area contributed by atoms with E-state index in [1.807, 2.05) is 34.2 Å². The van der Waals surface area contributed by atoms with E-state index in [2.05, 4.69) is 17.4 Å². The average molecular weight is 305 g/mol. The van der Waals surface area contributed by atoms with E-state index in [1.54, 1.807) is 18.4 Å². The van der Waals surface area contributed by atoms with Gasteiger partial charge in [-0.15, -0.1) is 11.3 Å². The van der Waals surface area contributed by atoms with E-state index < -0.39 is 0 Å². The van der Waals surface area contributed by atoms with Crippen LogP contribution in [0.25, 0.3) is 21.5 Å². The van der Waals surface area contributed by atoms with Crippen LogP contribution in [0.5, 0.6) is 0 Å². The Morgan fingerprint density at radius 2 is 2.20 bits per heavy atom. The van der Waals surface area contributed by atoms with Crippen LogP contribution in [0, 0.1) is 0 Å². The number of carbonyl (C=O) groups is 1. The second-order valence-electron chi connectivity index (χ2n) is 4.47. The molecular formula is C15H13ClN2OS. The van der Waals surface area contributed by atoms with Gasteiger partial charge >= 0.3 is 0 Å². The van der Waals surface area contributed by atoms with E-state index in [0.29, 0.717) is 11.6 Å². The van der Waals surface area contributed by atoms with Crippen LogP contribution in [0.4, 0.5) is 0 Å². The van der Waals surface area contributed by atoms with Gasteiger partial charge in [0.05, 0.1) is 10.6 Å². The summed E-state index contributed by atoms with van der Waals surface area (Å²) in [5.41, 5.74) is 2.06. The van der Waals surface area contributed by atoms with Crippen LogP contribution in [0.3, 0.4) is 0 Å². The van der Waals surface area contributed by atoms with Crippen molar-refractivity contribution in [2.45, 2.75) is 6.54 Å². The molecule has 0 saturated heterocycles. The fourth-order valence-electron chi connectivity index (χ4n) is 2.26. The monoisotopic (exact) mass is 304 g/mol. The first-order chi connectivity index (χ1) is 9.69. The van der Waals surface area contributed by atoms with Gasteiger partial charge in [0, 0.05) is 23.0 Å². The number of thiophene rings is 1. The number of nitrogens with one attached hydrogen (secondary N) is 1. The minimum atomic E-state index is -0.0183. The highest BCUT2D eigenvalue weighted by molar-refractivity contribution is 7.13. The highest BCUT2D eigenvalue weighted by Gasteiger charge is 2.13. The maximum atomic E-state index is 11.8. The number of aromatic nitrogens is 1. The number of fused-ring (bicyclic) bond motifs is 1. The standard InChI is InChI=1S/C15H13ClN2OS/c1-17-15(19)9-18-12-5-4-11(16)7-10(12)8-13(18)14-3-2-6-20-14/h2-8H,9H2,1H3,(H,17,19). The van der Waals surface area contributed by atoms with Gasteiger partial charge in [-0.1, -0.05) is 17.7 Å². The third kappa shape index (κ3) is 2.32. The SMILES string of the molecule is CNC(=O)Cn1c(-c2cccs2)cc2cc(Cl)ccc21. The lowest BCUT2D eigenvalue weighted by Gasteiger charge is -2.08. The maximum absolute atomic E-state index is 11.8. The summed E-state index contributed by atoms with van der Waals surface area (Å²) in [6.07, 6.45) is 0. The van der Waals surface area contributed by atoms with E-state index in [0.717, 1.165) is 21.5 Å². The fraction of sp³-hybridized carbons (Fsp3) is 0.133. The molecule has 5 heteroatoms. The first kappa shape index (κ1) is 13.2. The van der Waals surface area contributed by atoms with Gasteiger partial charge in [-0.2, -0.15) is 0 Å². The Morgan fingerprint density at radius 1 is 1.35 bits per heavy atom. The summed E-state index contributed by atoms with van der Waals surface area (Å²) in [5, 5.41) is 6.45. The molecule has 0 unspecified atom stereocenters. The second kappa shape index (κ2) is 5.31. The minimum Gasteiger partial charge on any atom is -0.358 e. The van der Waals surface area contributed by atoms with Crippen molar-refractivity contribution in [3.63, 3.8) is 0 Å². The lowest BCUT2D eigenvalue weighted by atomic mass is 10.2. The van der Waals surface area contributed by atoms with Crippen LogP contribution >= 0.6 is 22.9 Å². The molecule has 2 heterocycles. The summed E-state index contributed by atoms with van der Waals surface area (Å²) >= 11 is 7.71. The Kier molecular flexibility index (Phi) is 3.51. The van der Waals surface area contributed by atoms with E-state index in [4.69, 9.17) is 11.6 Å². The zero-order chi connectivity index (χ0) is 14.1. The van der Waals surface area contributed by atoms with Gasteiger partial charge < -0.3 is 9.88 Å². The van der Waals surface area contributed by atoms with E-state index in [9.17, 15) is 4.79 Å². The third-order valence-corrected chi connectivity index (χ3v) is 4.35. The highest BCUT2D eigenvalue weighted by Crippen LogP contribution is 2.32. The van der Waals surface area contributed by atoms with Crippen molar-refractivity contribution in [2.75, 3.05) is 7.05 Å². The van der Waals surface area contributed by atoms with Crippen molar-refractivity contribution in [2.24, 2.45) is 0 Å². The second-order valence-corrected chi connectivity index (χ2v) is 5.85. The predicted octanol–water partition coefficient (Wildman–Crippen LogP) is 3.77. The van der Waals surface area contributed by atoms with Crippen LogP contribution in [0.2, 0.25) is 5.02 Å². The molecule has 0 spiro atoms. The first-order valence-electron chi connectivity index (χ1n) is 6.22. The Morgan fingerprint density at radius 3 is 2.90 bits per heavy atom. The van der Waals surface area contributed by atoms with Gasteiger partial charge in [-0.3, -0.25) is 4.79 Å². The number of halogens is 1. The summed E-state index contributed by atoms with van der Waals surface area (Å²) < 4.78 is 2.02. The number of carbonyl (C=O) groups excluding carboxylic acids is 1. The number of likely N-dealkylation sites (N-methyl/N-ethyl adjacent to an activating group) is 1. The summed E-state index contributed by atoms with van der Waals surface area (Å²) in [6.45, 7) is 0.300. The molecule has 3 nitrogen and oxygen atoms in total. The fourth-order valence-corrected chi connectivity index (χ4v) is 3.19. The molecule has 1 aromatic carbocycles. The van der Waals surface area contributed by atoms with Crippen molar-refractivity contribution >= 4 is 39.7 Å². The number of nitrogens with zero attached hydrogens (tertiary/aromatic N) is 1. The number of hydrogen-bond acceptors (Lipinski definition) is 2. The quantitative estimate of drug-likeness (QED) is 0.785. The molecule has 0 aliphatic carbocycles. The maximum Gasteiger partial charge on any atom is 0.239 e. The number of benzene rings is 1. The Bertz CT molecular complexity index is 762.